The lowest BCUT2D eigenvalue weighted by atomic mass is 10.2. The fourth-order valence-corrected chi connectivity index (χ4v) is 4.35. The maximum Gasteiger partial charge on any atom is 0.264 e. The van der Waals surface area contributed by atoms with Crippen LogP contribution in [0.3, 0.4) is 0 Å². The van der Waals surface area contributed by atoms with Crippen molar-refractivity contribution >= 4 is 21.6 Å². The molecule has 2 aromatic carbocycles. The van der Waals surface area contributed by atoms with Gasteiger partial charge in [-0.15, -0.1) is 0 Å². The maximum absolute atomic E-state index is 13.4. The molecule has 0 aliphatic carbocycles. The van der Waals surface area contributed by atoms with Crippen LogP contribution < -0.4 is 14.4 Å². The summed E-state index contributed by atoms with van der Waals surface area (Å²) in [6.07, 6.45) is 2.87. The van der Waals surface area contributed by atoms with Crippen molar-refractivity contribution in [3.63, 3.8) is 0 Å². The van der Waals surface area contributed by atoms with Gasteiger partial charge in [0.15, 0.2) is 0 Å². The number of nitrogens with zero attached hydrogens (tertiary/aromatic N) is 1. The Bertz CT molecular complexity index is 1080. The molecule has 9 heteroatoms. The number of carbonyl (C=O) groups excluding carboxylic acids is 1. The summed E-state index contributed by atoms with van der Waals surface area (Å²) in [6, 6.07) is 14.4. The number of nitrogens with one attached hydrogen (secondary N) is 1. The van der Waals surface area contributed by atoms with Crippen molar-refractivity contribution in [1.82, 2.24) is 5.32 Å². The van der Waals surface area contributed by atoms with E-state index in [1.165, 1.54) is 43.5 Å². The van der Waals surface area contributed by atoms with Crippen LogP contribution in [-0.2, 0) is 21.2 Å². The molecule has 1 heterocycles. The third kappa shape index (κ3) is 5.85. The summed E-state index contributed by atoms with van der Waals surface area (Å²) >= 11 is 0. The summed E-state index contributed by atoms with van der Waals surface area (Å²) in [6.45, 7) is -0.0832. The minimum Gasteiger partial charge on any atom is -0.497 e. The topological polar surface area (TPSA) is 88.9 Å². The molecule has 0 spiro atoms. The second kappa shape index (κ2) is 10.1. The molecular weight excluding hydrogens is 423 g/mol. The molecule has 1 N–H and O–H groups in total. The van der Waals surface area contributed by atoms with Gasteiger partial charge in [-0.05, 0) is 67.1 Å². The summed E-state index contributed by atoms with van der Waals surface area (Å²) in [7, 11) is -2.60. The monoisotopic (exact) mass is 446 g/mol. The molecule has 3 rings (SSSR count). The van der Waals surface area contributed by atoms with E-state index in [9.17, 15) is 17.6 Å². The second-order valence-electron chi connectivity index (χ2n) is 6.70. The number of sulfonamides is 1. The van der Waals surface area contributed by atoms with E-state index in [-0.39, 0.29) is 10.6 Å². The summed E-state index contributed by atoms with van der Waals surface area (Å²) < 4.78 is 51.1. The maximum atomic E-state index is 13.4. The highest BCUT2D eigenvalue weighted by Crippen LogP contribution is 2.25. The summed E-state index contributed by atoms with van der Waals surface area (Å²) in [5.41, 5.74) is 0.183. The number of ether oxygens (including phenoxy) is 1. The van der Waals surface area contributed by atoms with Crippen LogP contribution >= 0.6 is 0 Å². The molecule has 0 radical (unpaired) electrons. The van der Waals surface area contributed by atoms with Crippen molar-refractivity contribution in [3.05, 3.63) is 78.5 Å². The molecule has 31 heavy (non-hydrogen) atoms. The van der Waals surface area contributed by atoms with Gasteiger partial charge >= 0.3 is 0 Å². The molecule has 1 aromatic heterocycles. The molecular formula is C22H23FN2O5S. The third-order valence-electron chi connectivity index (χ3n) is 4.55. The standard InChI is InChI=1S/C22H23FN2O5S/c1-29-19-10-12-21(13-11-19)31(27,28)25(18-8-6-17(23)7-9-18)16-22(26)24-14-2-4-20-5-3-15-30-20/h3,5-13,15H,2,4,14,16H2,1H3,(H,24,26). The largest absolute Gasteiger partial charge is 0.497 e. The fraction of sp³-hybridized carbons (Fsp3) is 0.227. The number of methoxy groups -OCH3 is 1. The van der Waals surface area contributed by atoms with Crippen molar-refractivity contribution in [1.29, 1.82) is 0 Å². The van der Waals surface area contributed by atoms with Gasteiger partial charge in [-0.25, -0.2) is 12.8 Å². The number of benzene rings is 2. The predicted molar refractivity (Wildman–Crippen MR) is 114 cm³/mol. The molecule has 0 atom stereocenters. The Morgan fingerprint density at radius 2 is 1.81 bits per heavy atom. The minimum absolute atomic E-state index is 0.0109. The highest BCUT2D eigenvalue weighted by atomic mass is 32.2. The van der Waals surface area contributed by atoms with Crippen LogP contribution in [0.5, 0.6) is 5.75 Å². The predicted octanol–water partition coefficient (Wildman–Crippen LogP) is 3.37. The molecule has 0 saturated heterocycles. The number of amides is 1. The van der Waals surface area contributed by atoms with E-state index >= 15 is 0 Å². The van der Waals surface area contributed by atoms with E-state index in [0.717, 1.165) is 22.2 Å². The number of halogens is 1. The van der Waals surface area contributed by atoms with E-state index < -0.39 is 28.3 Å². The number of aryl methyl sites for hydroxylation is 1. The Hall–Kier alpha value is -3.33. The lowest BCUT2D eigenvalue weighted by molar-refractivity contribution is -0.119. The molecule has 0 aliphatic rings. The smallest absolute Gasteiger partial charge is 0.264 e. The zero-order valence-corrected chi connectivity index (χ0v) is 17.8. The quantitative estimate of drug-likeness (QED) is 0.483. The molecule has 1 amide bonds. The van der Waals surface area contributed by atoms with Crippen LogP contribution in [0, 0.1) is 5.82 Å². The van der Waals surface area contributed by atoms with Gasteiger partial charge in [0.25, 0.3) is 10.0 Å². The van der Waals surface area contributed by atoms with E-state index in [1.807, 2.05) is 6.07 Å². The van der Waals surface area contributed by atoms with E-state index in [0.29, 0.717) is 25.1 Å². The zero-order valence-electron chi connectivity index (χ0n) is 17.0. The first-order chi connectivity index (χ1) is 14.9. The highest BCUT2D eigenvalue weighted by molar-refractivity contribution is 7.92. The molecule has 0 fully saturated rings. The van der Waals surface area contributed by atoms with Crippen molar-refractivity contribution < 1.29 is 26.8 Å². The first-order valence-electron chi connectivity index (χ1n) is 9.61. The number of hydrogen-bond donors (Lipinski definition) is 1. The van der Waals surface area contributed by atoms with Gasteiger partial charge in [-0.1, -0.05) is 0 Å². The van der Waals surface area contributed by atoms with E-state index in [1.54, 1.807) is 12.3 Å². The SMILES string of the molecule is COc1ccc(S(=O)(=O)N(CC(=O)NCCCc2ccco2)c2ccc(F)cc2)cc1. The van der Waals surface area contributed by atoms with E-state index in [4.69, 9.17) is 9.15 Å². The molecule has 0 saturated carbocycles. The van der Waals surface area contributed by atoms with Gasteiger partial charge in [0.2, 0.25) is 5.91 Å². The Kier molecular flexibility index (Phi) is 7.30. The van der Waals surface area contributed by atoms with Gasteiger partial charge in [0.1, 0.15) is 23.9 Å². The summed E-state index contributed by atoms with van der Waals surface area (Å²) in [5.74, 6) is 0.333. The van der Waals surface area contributed by atoms with Crippen LogP contribution in [0.2, 0.25) is 0 Å². The van der Waals surface area contributed by atoms with Gasteiger partial charge in [-0.2, -0.15) is 0 Å². The van der Waals surface area contributed by atoms with Crippen molar-refractivity contribution in [2.75, 3.05) is 24.5 Å². The van der Waals surface area contributed by atoms with Crippen LogP contribution in [-0.4, -0.2) is 34.5 Å². The van der Waals surface area contributed by atoms with Gasteiger partial charge in [0.05, 0.1) is 24.0 Å². The zero-order chi connectivity index (χ0) is 22.3. The number of hydrogen-bond acceptors (Lipinski definition) is 5. The fourth-order valence-electron chi connectivity index (χ4n) is 2.93. The van der Waals surface area contributed by atoms with Gasteiger partial charge in [0, 0.05) is 13.0 Å². The normalized spacial score (nSPS) is 11.2. The van der Waals surface area contributed by atoms with Crippen LogP contribution in [0.25, 0.3) is 0 Å². The Balaban J connectivity index is 1.74. The Morgan fingerprint density at radius 1 is 1.10 bits per heavy atom. The third-order valence-corrected chi connectivity index (χ3v) is 6.34. The number of furan rings is 1. The average molecular weight is 447 g/mol. The van der Waals surface area contributed by atoms with Crippen molar-refractivity contribution in [3.8, 4) is 5.75 Å². The van der Waals surface area contributed by atoms with Crippen molar-refractivity contribution in [2.24, 2.45) is 0 Å². The second-order valence-corrected chi connectivity index (χ2v) is 8.56. The lowest BCUT2D eigenvalue weighted by Crippen LogP contribution is -2.41. The molecule has 3 aromatic rings. The summed E-state index contributed by atoms with van der Waals surface area (Å²) in [4.78, 5) is 12.5. The Morgan fingerprint density at radius 3 is 2.42 bits per heavy atom. The first kappa shape index (κ1) is 22.4. The number of anilines is 1. The molecule has 7 nitrogen and oxygen atoms in total. The summed E-state index contributed by atoms with van der Waals surface area (Å²) in [5, 5.41) is 2.72. The minimum atomic E-state index is -4.07. The van der Waals surface area contributed by atoms with Gasteiger partial charge in [-0.3, -0.25) is 9.10 Å². The van der Waals surface area contributed by atoms with Crippen LogP contribution in [0.4, 0.5) is 10.1 Å². The molecule has 0 bridgehead atoms. The van der Waals surface area contributed by atoms with E-state index in [2.05, 4.69) is 5.32 Å². The number of carbonyl (C=O) groups is 1. The highest BCUT2D eigenvalue weighted by Gasteiger charge is 2.27. The molecule has 0 aliphatic heterocycles. The molecule has 0 unspecified atom stereocenters. The van der Waals surface area contributed by atoms with Crippen molar-refractivity contribution in [2.45, 2.75) is 17.7 Å². The average Bonchev–Trinajstić information content (AvgIpc) is 3.29. The molecule has 164 valence electrons. The first-order valence-corrected chi connectivity index (χ1v) is 11.1. The Labute approximate surface area is 180 Å². The van der Waals surface area contributed by atoms with Crippen LogP contribution in [0.15, 0.2) is 76.2 Å². The van der Waals surface area contributed by atoms with Gasteiger partial charge < -0.3 is 14.5 Å². The van der Waals surface area contributed by atoms with Crippen LogP contribution in [0.1, 0.15) is 12.2 Å². The lowest BCUT2D eigenvalue weighted by Gasteiger charge is -2.24. The number of rotatable bonds is 10.